The number of anilines is 1. The average Bonchev–Trinajstić information content (AvgIpc) is 2.63. The quantitative estimate of drug-likeness (QED) is 0.767. The fourth-order valence-electron chi connectivity index (χ4n) is 2.33. The first-order valence-corrected chi connectivity index (χ1v) is 5.65. The molecule has 1 heteroatoms. The molecule has 0 saturated heterocycles. The van der Waals surface area contributed by atoms with Gasteiger partial charge in [-0.05, 0) is 30.4 Å². The third kappa shape index (κ3) is 2.28. The summed E-state index contributed by atoms with van der Waals surface area (Å²) >= 11 is 0. The van der Waals surface area contributed by atoms with Gasteiger partial charge >= 0.3 is 0 Å². The molecule has 1 N–H and O–H groups in total. The molecule has 1 aromatic rings. The van der Waals surface area contributed by atoms with Gasteiger partial charge in [-0.3, -0.25) is 0 Å². The number of hydrogen-bond donors (Lipinski definition) is 1. The molecule has 1 aliphatic carbocycles. The van der Waals surface area contributed by atoms with Crippen molar-refractivity contribution in [3.63, 3.8) is 0 Å². The summed E-state index contributed by atoms with van der Waals surface area (Å²) in [7, 11) is 0. The van der Waals surface area contributed by atoms with E-state index in [0.29, 0.717) is 0 Å². The van der Waals surface area contributed by atoms with E-state index in [0.717, 1.165) is 18.4 Å². The molecule has 0 radical (unpaired) electrons. The minimum atomic E-state index is 0.884. The summed E-state index contributed by atoms with van der Waals surface area (Å²) in [6, 6.07) is 10.5. The molecule has 1 aromatic carbocycles. The first kappa shape index (κ1) is 9.57. The number of rotatable bonds is 3. The van der Waals surface area contributed by atoms with Crippen molar-refractivity contribution >= 4 is 5.69 Å². The third-order valence-corrected chi connectivity index (χ3v) is 3.38. The Labute approximate surface area is 86.5 Å². The third-order valence-electron chi connectivity index (χ3n) is 3.38. The Morgan fingerprint density at radius 2 is 2.00 bits per heavy atom. The molecule has 14 heavy (non-hydrogen) atoms. The van der Waals surface area contributed by atoms with Gasteiger partial charge in [0.15, 0.2) is 0 Å². The van der Waals surface area contributed by atoms with E-state index >= 15 is 0 Å². The van der Waals surface area contributed by atoms with Crippen LogP contribution in [0, 0.1) is 11.8 Å². The molecule has 2 atom stereocenters. The van der Waals surface area contributed by atoms with Crippen molar-refractivity contribution in [1.29, 1.82) is 0 Å². The summed E-state index contributed by atoms with van der Waals surface area (Å²) in [6.07, 6.45) is 4.24. The molecular weight excluding hydrogens is 170 g/mol. The lowest BCUT2D eigenvalue weighted by Crippen LogP contribution is -2.16. The maximum Gasteiger partial charge on any atom is 0.0340 e. The minimum Gasteiger partial charge on any atom is -0.385 e. The zero-order valence-electron chi connectivity index (χ0n) is 8.87. The molecule has 0 amide bonds. The second-order valence-corrected chi connectivity index (χ2v) is 4.42. The van der Waals surface area contributed by atoms with Crippen LogP contribution in [0.25, 0.3) is 0 Å². The normalized spacial score (nSPS) is 26.4. The maximum absolute atomic E-state index is 3.52. The van der Waals surface area contributed by atoms with Crippen LogP contribution in [0.2, 0.25) is 0 Å². The van der Waals surface area contributed by atoms with E-state index in [-0.39, 0.29) is 0 Å². The zero-order chi connectivity index (χ0) is 9.80. The SMILES string of the molecule is CC1CCCC1CNc1ccccc1. The summed E-state index contributed by atoms with van der Waals surface area (Å²) in [5, 5.41) is 3.52. The number of nitrogens with one attached hydrogen (secondary N) is 1. The second kappa shape index (κ2) is 4.50. The number of hydrogen-bond acceptors (Lipinski definition) is 1. The first-order chi connectivity index (χ1) is 6.86. The summed E-state index contributed by atoms with van der Waals surface area (Å²) in [5.74, 6) is 1.79. The first-order valence-electron chi connectivity index (χ1n) is 5.65. The van der Waals surface area contributed by atoms with Crippen molar-refractivity contribution in [3.05, 3.63) is 30.3 Å². The van der Waals surface area contributed by atoms with Crippen LogP contribution < -0.4 is 5.32 Å². The van der Waals surface area contributed by atoms with Crippen LogP contribution in [0.3, 0.4) is 0 Å². The summed E-state index contributed by atoms with van der Waals surface area (Å²) in [6.45, 7) is 3.52. The topological polar surface area (TPSA) is 12.0 Å². The highest BCUT2D eigenvalue weighted by Gasteiger charge is 2.22. The molecule has 0 aromatic heterocycles. The molecule has 0 bridgehead atoms. The largest absolute Gasteiger partial charge is 0.385 e. The molecule has 1 saturated carbocycles. The van der Waals surface area contributed by atoms with E-state index < -0.39 is 0 Å². The van der Waals surface area contributed by atoms with E-state index in [4.69, 9.17) is 0 Å². The Balaban J connectivity index is 1.82. The standard InChI is InChI=1S/C13H19N/c1-11-6-5-7-12(11)10-14-13-8-3-2-4-9-13/h2-4,8-9,11-12,14H,5-7,10H2,1H3. The van der Waals surface area contributed by atoms with Gasteiger partial charge in [-0.2, -0.15) is 0 Å². The number of benzene rings is 1. The second-order valence-electron chi connectivity index (χ2n) is 4.42. The van der Waals surface area contributed by atoms with Crippen LogP contribution in [0.4, 0.5) is 5.69 Å². The summed E-state index contributed by atoms with van der Waals surface area (Å²) in [4.78, 5) is 0. The Bertz CT molecular complexity index is 268. The van der Waals surface area contributed by atoms with Gasteiger partial charge in [-0.15, -0.1) is 0 Å². The molecule has 0 heterocycles. The molecule has 1 aliphatic rings. The van der Waals surface area contributed by atoms with Crippen molar-refractivity contribution in [2.24, 2.45) is 11.8 Å². The molecule has 2 unspecified atom stereocenters. The van der Waals surface area contributed by atoms with E-state index in [1.807, 2.05) is 0 Å². The molecule has 0 aliphatic heterocycles. The van der Waals surface area contributed by atoms with Gasteiger partial charge in [0.2, 0.25) is 0 Å². The van der Waals surface area contributed by atoms with Crippen molar-refractivity contribution in [3.8, 4) is 0 Å². The Morgan fingerprint density at radius 1 is 1.21 bits per heavy atom. The van der Waals surface area contributed by atoms with E-state index in [9.17, 15) is 0 Å². The van der Waals surface area contributed by atoms with Gasteiger partial charge in [0.05, 0.1) is 0 Å². The van der Waals surface area contributed by atoms with Gasteiger partial charge in [0.1, 0.15) is 0 Å². The van der Waals surface area contributed by atoms with Crippen molar-refractivity contribution < 1.29 is 0 Å². The van der Waals surface area contributed by atoms with Crippen LogP contribution in [-0.2, 0) is 0 Å². The summed E-state index contributed by atoms with van der Waals surface area (Å²) < 4.78 is 0. The molecule has 0 spiro atoms. The smallest absolute Gasteiger partial charge is 0.0340 e. The highest BCUT2D eigenvalue weighted by molar-refractivity contribution is 5.42. The van der Waals surface area contributed by atoms with Crippen LogP contribution in [0.5, 0.6) is 0 Å². The predicted octanol–water partition coefficient (Wildman–Crippen LogP) is 3.53. The van der Waals surface area contributed by atoms with Crippen molar-refractivity contribution in [2.45, 2.75) is 26.2 Å². The maximum atomic E-state index is 3.52. The van der Waals surface area contributed by atoms with E-state index in [1.165, 1.54) is 24.9 Å². The molecule has 1 fully saturated rings. The molecular formula is C13H19N. The Morgan fingerprint density at radius 3 is 2.64 bits per heavy atom. The van der Waals surface area contributed by atoms with Crippen molar-refractivity contribution in [2.75, 3.05) is 11.9 Å². The Hall–Kier alpha value is -0.980. The lowest BCUT2D eigenvalue weighted by molar-refractivity contribution is 0.440. The minimum absolute atomic E-state index is 0.884. The highest BCUT2D eigenvalue weighted by atomic mass is 14.9. The highest BCUT2D eigenvalue weighted by Crippen LogP contribution is 2.31. The number of para-hydroxylation sites is 1. The predicted molar refractivity (Wildman–Crippen MR) is 61.4 cm³/mol. The fourth-order valence-corrected chi connectivity index (χ4v) is 2.33. The fraction of sp³-hybridized carbons (Fsp3) is 0.538. The molecule has 1 nitrogen and oxygen atoms in total. The van der Waals surface area contributed by atoms with Gasteiger partial charge in [-0.1, -0.05) is 38.0 Å². The van der Waals surface area contributed by atoms with Gasteiger partial charge in [0, 0.05) is 12.2 Å². The van der Waals surface area contributed by atoms with Crippen LogP contribution in [0.15, 0.2) is 30.3 Å². The van der Waals surface area contributed by atoms with E-state index in [2.05, 4.69) is 42.6 Å². The Kier molecular flexibility index (Phi) is 3.07. The van der Waals surface area contributed by atoms with Gasteiger partial charge in [0.25, 0.3) is 0 Å². The van der Waals surface area contributed by atoms with Crippen LogP contribution in [0.1, 0.15) is 26.2 Å². The van der Waals surface area contributed by atoms with E-state index in [1.54, 1.807) is 0 Å². The van der Waals surface area contributed by atoms with Crippen molar-refractivity contribution in [1.82, 2.24) is 0 Å². The average molecular weight is 189 g/mol. The monoisotopic (exact) mass is 189 g/mol. The lowest BCUT2D eigenvalue weighted by Gasteiger charge is -2.16. The van der Waals surface area contributed by atoms with Gasteiger partial charge in [-0.25, -0.2) is 0 Å². The van der Waals surface area contributed by atoms with Crippen LogP contribution >= 0.6 is 0 Å². The van der Waals surface area contributed by atoms with Gasteiger partial charge < -0.3 is 5.32 Å². The summed E-state index contributed by atoms with van der Waals surface area (Å²) in [5.41, 5.74) is 1.26. The lowest BCUT2D eigenvalue weighted by atomic mass is 9.98. The van der Waals surface area contributed by atoms with Crippen LogP contribution in [-0.4, -0.2) is 6.54 Å². The zero-order valence-corrected chi connectivity index (χ0v) is 8.87. The molecule has 76 valence electrons. The molecule has 2 rings (SSSR count).